The van der Waals surface area contributed by atoms with E-state index in [2.05, 4.69) is 0 Å². The Morgan fingerprint density at radius 2 is 1.75 bits per heavy atom. The molecule has 0 amide bonds. The maximum Gasteiger partial charge on any atom is 0.415 e. The van der Waals surface area contributed by atoms with E-state index >= 15 is 0 Å². The fourth-order valence-electron chi connectivity index (χ4n) is 3.06. The topological polar surface area (TPSA) is 41.5 Å². The molecule has 0 aromatic rings. The molecule has 1 aliphatic heterocycles. The third-order valence-electron chi connectivity index (χ3n) is 3.88. The molecule has 10 heteroatoms. The van der Waals surface area contributed by atoms with Crippen molar-refractivity contribution in [2.45, 2.75) is 41.8 Å². The molecule has 1 saturated carbocycles. The van der Waals surface area contributed by atoms with Crippen LogP contribution in [0.3, 0.4) is 0 Å². The number of rotatable bonds is 3. The zero-order valence-electron chi connectivity index (χ0n) is 9.93. The predicted molar refractivity (Wildman–Crippen MR) is 56.3 cm³/mol. The summed E-state index contributed by atoms with van der Waals surface area (Å²) >= 11 is 5.74. The van der Waals surface area contributed by atoms with Crippen molar-refractivity contribution in [2.75, 3.05) is 13.2 Å². The van der Waals surface area contributed by atoms with Crippen LogP contribution in [0.15, 0.2) is 0 Å². The van der Waals surface area contributed by atoms with Gasteiger partial charge < -0.3 is 9.84 Å². The first-order valence-corrected chi connectivity index (χ1v) is 6.27. The van der Waals surface area contributed by atoms with Gasteiger partial charge in [-0.15, -0.1) is 11.6 Å². The Balaban J connectivity index is 2.29. The highest BCUT2D eigenvalue weighted by Gasteiger charge is 2.81. The standard InChI is InChI=1S/C10H12ClF6NO2/c11-6-4-3-5(20-2-1-19)7(6)18-8(4,9(12,13)14)10(15,16)17/h4-7,18-19H,1-3H2/t4-,5+,6-,7-/m0/s1. The minimum atomic E-state index is -5.50. The molecular formula is C10H12ClF6NO2. The van der Waals surface area contributed by atoms with Crippen LogP contribution < -0.4 is 5.32 Å². The average molecular weight is 328 g/mol. The Morgan fingerprint density at radius 3 is 2.10 bits per heavy atom. The maximum absolute atomic E-state index is 13.0. The first-order chi connectivity index (χ1) is 9.06. The van der Waals surface area contributed by atoms with Gasteiger partial charge in [0.1, 0.15) is 0 Å². The molecule has 2 fully saturated rings. The van der Waals surface area contributed by atoms with E-state index in [4.69, 9.17) is 21.4 Å². The largest absolute Gasteiger partial charge is 0.415 e. The van der Waals surface area contributed by atoms with Gasteiger partial charge >= 0.3 is 12.4 Å². The Hall–Kier alpha value is -0.250. The molecule has 1 aliphatic carbocycles. The molecule has 20 heavy (non-hydrogen) atoms. The third-order valence-corrected chi connectivity index (χ3v) is 4.46. The van der Waals surface area contributed by atoms with E-state index in [1.807, 2.05) is 0 Å². The molecule has 0 radical (unpaired) electrons. The molecule has 2 aliphatic rings. The number of nitrogens with one attached hydrogen (secondary N) is 1. The van der Waals surface area contributed by atoms with Crippen molar-refractivity contribution < 1.29 is 36.2 Å². The van der Waals surface area contributed by atoms with Gasteiger partial charge in [-0.1, -0.05) is 0 Å². The number of hydrogen-bond donors (Lipinski definition) is 2. The number of fused-ring (bicyclic) bond motifs is 2. The monoisotopic (exact) mass is 327 g/mol. The van der Waals surface area contributed by atoms with E-state index in [0.29, 0.717) is 0 Å². The van der Waals surface area contributed by atoms with Gasteiger partial charge in [0.25, 0.3) is 0 Å². The minimum absolute atomic E-state index is 0.162. The lowest BCUT2D eigenvalue weighted by atomic mass is 9.82. The van der Waals surface area contributed by atoms with Crippen LogP contribution in [0.1, 0.15) is 6.42 Å². The van der Waals surface area contributed by atoms with Gasteiger partial charge in [0, 0.05) is 5.92 Å². The second-order valence-corrected chi connectivity index (χ2v) is 5.40. The fraction of sp³-hybridized carbons (Fsp3) is 1.00. The normalized spacial score (nSPS) is 36.6. The summed E-state index contributed by atoms with van der Waals surface area (Å²) in [6, 6.07) is -1.25. The van der Waals surface area contributed by atoms with Crippen LogP contribution in [-0.2, 0) is 4.74 Å². The van der Waals surface area contributed by atoms with Gasteiger partial charge in [0.2, 0.25) is 5.54 Å². The average Bonchev–Trinajstić information content (AvgIpc) is 2.75. The zero-order chi connectivity index (χ0) is 15.3. The second kappa shape index (κ2) is 4.89. The Kier molecular flexibility index (Phi) is 3.94. The van der Waals surface area contributed by atoms with Gasteiger partial charge in [-0.25, -0.2) is 0 Å². The van der Waals surface area contributed by atoms with Crippen molar-refractivity contribution in [3.05, 3.63) is 0 Å². The van der Waals surface area contributed by atoms with Gasteiger partial charge in [-0.3, -0.25) is 5.32 Å². The van der Waals surface area contributed by atoms with E-state index in [1.54, 1.807) is 5.32 Å². The zero-order valence-corrected chi connectivity index (χ0v) is 10.7. The first kappa shape index (κ1) is 16.1. The molecule has 1 saturated heterocycles. The molecule has 2 rings (SSSR count). The molecule has 0 aromatic carbocycles. The summed E-state index contributed by atoms with van der Waals surface area (Å²) in [4.78, 5) is 0. The number of aliphatic hydroxyl groups excluding tert-OH is 1. The molecule has 118 valence electrons. The van der Waals surface area contributed by atoms with Crippen LogP contribution >= 0.6 is 11.6 Å². The highest BCUT2D eigenvalue weighted by atomic mass is 35.5. The lowest BCUT2D eigenvalue weighted by Gasteiger charge is -2.42. The molecule has 2 N–H and O–H groups in total. The van der Waals surface area contributed by atoms with E-state index in [9.17, 15) is 26.3 Å². The summed E-state index contributed by atoms with van der Waals surface area (Å²) in [5.41, 5.74) is -3.99. The Morgan fingerprint density at radius 1 is 1.20 bits per heavy atom. The second-order valence-electron chi connectivity index (χ2n) is 4.89. The van der Waals surface area contributed by atoms with Crippen molar-refractivity contribution in [2.24, 2.45) is 5.92 Å². The molecule has 4 atom stereocenters. The van der Waals surface area contributed by atoms with Gasteiger partial charge in [-0.05, 0) is 6.42 Å². The molecule has 2 bridgehead atoms. The van der Waals surface area contributed by atoms with Crippen LogP contribution in [0.25, 0.3) is 0 Å². The highest BCUT2D eigenvalue weighted by molar-refractivity contribution is 6.22. The number of aliphatic hydroxyl groups is 1. The molecular weight excluding hydrogens is 316 g/mol. The summed E-state index contributed by atoms with van der Waals surface area (Å²) in [6.07, 6.45) is -12.3. The smallest absolute Gasteiger partial charge is 0.394 e. The van der Waals surface area contributed by atoms with Crippen molar-refractivity contribution in [1.29, 1.82) is 0 Å². The minimum Gasteiger partial charge on any atom is -0.394 e. The summed E-state index contributed by atoms with van der Waals surface area (Å²) in [7, 11) is 0. The van der Waals surface area contributed by atoms with Crippen LogP contribution in [0.4, 0.5) is 26.3 Å². The van der Waals surface area contributed by atoms with Crippen LogP contribution in [0.2, 0.25) is 0 Å². The number of halogens is 7. The summed E-state index contributed by atoms with van der Waals surface area (Å²) < 4.78 is 83.0. The lowest BCUT2D eigenvalue weighted by molar-refractivity contribution is -0.321. The van der Waals surface area contributed by atoms with Crippen LogP contribution in [0.5, 0.6) is 0 Å². The van der Waals surface area contributed by atoms with Crippen molar-refractivity contribution in [1.82, 2.24) is 5.32 Å². The van der Waals surface area contributed by atoms with Gasteiger partial charge in [0.15, 0.2) is 0 Å². The number of piperidine rings is 1. The Labute approximate surface area is 115 Å². The van der Waals surface area contributed by atoms with Crippen molar-refractivity contribution in [3.63, 3.8) is 0 Å². The summed E-state index contributed by atoms with van der Waals surface area (Å²) in [6.45, 7) is -0.533. The molecule has 0 aromatic heterocycles. The lowest BCUT2D eigenvalue weighted by Crippen LogP contribution is -2.70. The fourth-order valence-corrected chi connectivity index (χ4v) is 3.58. The van der Waals surface area contributed by atoms with Crippen LogP contribution in [-0.4, -0.2) is 53.7 Å². The first-order valence-electron chi connectivity index (χ1n) is 5.84. The summed E-state index contributed by atoms with van der Waals surface area (Å²) in [5.74, 6) is -1.85. The SMILES string of the molecule is OCCO[C@@H]1C[C@H]2[C@H](Cl)[C@H]1NC2(C(F)(F)F)C(F)(F)F. The quantitative estimate of drug-likeness (QED) is 0.614. The highest BCUT2D eigenvalue weighted by Crippen LogP contribution is 2.58. The third kappa shape index (κ3) is 2.10. The van der Waals surface area contributed by atoms with E-state index in [0.717, 1.165) is 0 Å². The van der Waals surface area contributed by atoms with Crippen molar-refractivity contribution >= 4 is 11.6 Å². The molecule has 3 nitrogen and oxygen atoms in total. The summed E-state index contributed by atoms with van der Waals surface area (Å²) in [5, 5.41) is 8.86. The maximum atomic E-state index is 13.0. The predicted octanol–water partition coefficient (Wildman–Crippen LogP) is 1.83. The van der Waals surface area contributed by atoms with E-state index in [1.165, 1.54) is 0 Å². The molecule has 0 spiro atoms. The van der Waals surface area contributed by atoms with Crippen molar-refractivity contribution in [3.8, 4) is 0 Å². The van der Waals surface area contributed by atoms with Gasteiger partial charge in [0.05, 0.1) is 30.7 Å². The van der Waals surface area contributed by atoms with E-state index < -0.39 is 47.8 Å². The van der Waals surface area contributed by atoms with Gasteiger partial charge in [-0.2, -0.15) is 26.3 Å². The number of hydrogen-bond acceptors (Lipinski definition) is 3. The Bertz CT molecular complexity index is 360. The van der Waals surface area contributed by atoms with Crippen LogP contribution in [0, 0.1) is 5.92 Å². The number of ether oxygens (including phenoxy) is 1. The molecule has 0 unspecified atom stereocenters. The van der Waals surface area contributed by atoms with E-state index in [-0.39, 0.29) is 13.2 Å². The molecule has 1 heterocycles. The number of alkyl halides is 7.